The first-order valence-electron chi connectivity index (χ1n) is 9.21. The molecule has 8 heteroatoms. The highest BCUT2D eigenvalue weighted by Gasteiger charge is 2.18. The number of ether oxygens (including phenoxy) is 1. The van der Waals surface area contributed by atoms with E-state index in [2.05, 4.69) is 26.1 Å². The van der Waals surface area contributed by atoms with Crippen molar-refractivity contribution in [1.82, 2.24) is 14.8 Å². The van der Waals surface area contributed by atoms with Gasteiger partial charge in [-0.2, -0.15) is 0 Å². The Labute approximate surface area is 175 Å². The molecule has 3 heterocycles. The van der Waals surface area contributed by atoms with Crippen molar-refractivity contribution in [2.24, 2.45) is 0 Å². The molecule has 1 amide bonds. The van der Waals surface area contributed by atoms with Gasteiger partial charge in [-0.1, -0.05) is 12.1 Å². The first kappa shape index (κ1) is 19.6. The Balaban J connectivity index is 1.52. The van der Waals surface area contributed by atoms with Gasteiger partial charge < -0.3 is 14.6 Å². The summed E-state index contributed by atoms with van der Waals surface area (Å²) >= 11 is 5.10. The molecule has 4 rings (SSSR count). The number of thiophene rings is 1. The van der Waals surface area contributed by atoms with Crippen molar-refractivity contribution in [2.45, 2.75) is 6.54 Å². The third kappa shape index (κ3) is 4.46. The molecule has 0 bridgehead atoms. The Bertz CT molecular complexity index is 981. The molecule has 1 aliphatic heterocycles. The fourth-order valence-corrected chi connectivity index (χ4v) is 5.00. The van der Waals surface area contributed by atoms with Crippen LogP contribution in [0, 0.1) is 5.82 Å². The lowest BCUT2D eigenvalue weighted by molar-refractivity contribution is 0.0383. The molecule has 3 aromatic rings. The van der Waals surface area contributed by atoms with Gasteiger partial charge in [0, 0.05) is 32.7 Å². The van der Waals surface area contributed by atoms with E-state index in [9.17, 15) is 9.18 Å². The zero-order valence-electron chi connectivity index (χ0n) is 15.3. The minimum Gasteiger partial charge on any atom is -0.379 e. The van der Waals surface area contributed by atoms with Crippen LogP contribution in [0.2, 0.25) is 0 Å². The first-order chi connectivity index (χ1) is 13.6. The molecule has 1 aromatic carbocycles. The fraction of sp³-hybridized carbons (Fsp3) is 0.350. The van der Waals surface area contributed by atoms with Crippen LogP contribution in [0.3, 0.4) is 0 Å². The molecule has 1 fully saturated rings. The molecule has 0 atom stereocenters. The van der Waals surface area contributed by atoms with E-state index >= 15 is 0 Å². The first-order valence-corrected chi connectivity index (χ1v) is 10.8. The molecular weight excluding hydrogens is 445 g/mol. The van der Waals surface area contributed by atoms with Gasteiger partial charge in [0.25, 0.3) is 5.91 Å². The lowest BCUT2D eigenvalue weighted by Gasteiger charge is -2.26. The van der Waals surface area contributed by atoms with Gasteiger partial charge in [0.15, 0.2) is 0 Å². The number of aromatic nitrogens is 1. The second kappa shape index (κ2) is 8.73. The van der Waals surface area contributed by atoms with Gasteiger partial charge >= 0.3 is 0 Å². The Morgan fingerprint density at radius 1 is 1.25 bits per heavy atom. The van der Waals surface area contributed by atoms with Crippen molar-refractivity contribution in [3.8, 4) is 0 Å². The van der Waals surface area contributed by atoms with Crippen molar-refractivity contribution >= 4 is 43.4 Å². The van der Waals surface area contributed by atoms with Crippen LogP contribution in [0.1, 0.15) is 16.1 Å². The maximum absolute atomic E-state index is 13.6. The summed E-state index contributed by atoms with van der Waals surface area (Å²) in [5, 5.41) is 3.03. The number of hydrogen-bond donors (Lipinski definition) is 1. The van der Waals surface area contributed by atoms with Gasteiger partial charge in [0.05, 0.1) is 27.2 Å². The van der Waals surface area contributed by atoms with Crippen molar-refractivity contribution in [3.05, 3.63) is 57.3 Å². The average Bonchev–Trinajstić information content (AvgIpc) is 3.20. The summed E-state index contributed by atoms with van der Waals surface area (Å²) in [7, 11) is 0. The smallest absolute Gasteiger partial charge is 0.268 e. The molecule has 148 valence electrons. The van der Waals surface area contributed by atoms with Crippen LogP contribution < -0.4 is 5.32 Å². The lowest BCUT2D eigenvalue weighted by atomic mass is 10.2. The van der Waals surface area contributed by atoms with E-state index < -0.39 is 0 Å². The summed E-state index contributed by atoms with van der Waals surface area (Å²) in [6.45, 7) is 5.12. The molecule has 28 heavy (non-hydrogen) atoms. The molecule has 0 radical (unpaired) electrons. The number of benzene rings is 1. The molecule has 0 saturated carbocycles. The number of nitrogens with one attached hydrogen (secondary N) is 1. The Morgan fingerprint density at radius 2 is 2.07 bits per heavy atom. The fourth-order valence-electron chi connectivity index (χ4n) is 3.43. The minimum atomic E-state index is -0.274. The zero-order chi connectivity index (χ0) is 19.5. The highest BCUT2D eigenvalue weighted by molar-refractivity contribution is 9.11. The third-order valence-corrected chi connectivity index (χ3v) is 6.41. The summed E-state index contributed by atoms with van der Waals surface area (Å²) in [4.78, 5) is 15.1. The topological polar surface area (TPSA) is 46.5 Å². The van der Waals surface area contributed by atoms with Crippen molar-refractivity contribution in [2.75, 3.05) is 39.4 Å². The normalized spacial score (nSPS) is 15.2. The number of nitrogens with zero attached hydrogens (tertiary/aromatic N) is 2. The molecule has 1 aliphatic rings. The van der Waals surface area contributed by atoms with Gasteiger partial charge in [0.1, 0.15) is 11.5 Å². The predicted octanol–water partition coefficient (Wildman–Crippen LogP) is 3.71. The quantitative estimate of drug-likeness (QED) is 0.603. The second-order valence-corrected chi connectivity index (χ2v) is 9.22. The lowest BCUT2D eigenvalue weighted by Crippen LogP contribution is -2.41. The number of amides is 1. The van der Waals surface area contributed by atoms with E-state index in [0.29, 0.717) is 18.8 Å². The molecule has 5 nitrogen and oxygen atoms in total. The van der Waals surface area contributed by atoms with Crippen LogP contribution in [0.5, 0.6) is 0 Å². The highest BCUT2D eigenvalue weighted by Crippen LogP contribution is 2.33. The Hall–Kier alpha value is -1.74. The summed E-state index contributed by atoms with van der Waals surface area (Å²) in [5.41, 5.74) is 2.39. The Morgan fingerprint density at radius 3 is 2.86 bits per heavy atom. The molecule has 0 unspecified atom stereocenters. The van der Waals surface area contributed by atoms with Crippen LogP contribution in [-0.4, -0.2) is 54.8 Å². The van der Waals surface area contributed by atoms with E-state index in [4.69, 9.17) is 4.74 Å². The number of hydrogen-bond acceptors (Lipinski definition) is 4. The van der Waals surface area contributed by atoms with Crippen LogP contribution in [0.15, 0.2) is 40.2 Å². The molecule has 2 aromatic heterocycles. The maximum atomic E-state index is 13.6. The zero-order valence-corrected chi connectivity index (χ0v) is 17.7. The van der Waals surface area contributed by atoms with Gasteiger partial charge in [-0.25, -0.2) is 4.39 Å². The monoisotopic (exact) mass is 465 g/mol. The molecule has 0 aliphatic carbocycles. The van der Waals surface area contributed by atoms with E-state index in [0.717, 1.165) is 52.4 Å². The highest BCUT2D eigenvalue weighted by atomic mass is 79.9. The Kier molecular flexibility index (Phi) is 6.10. The second-order valence-electron chi connectivity index (χ2n) is 6.76. The number of morpholine rings is 1. The third-order valence-electron chi connectivity index (χ3n) is 4.84. The molecule has 1 saturated heterocycles. The minimum absolute atomic E-state index is 0.107. The number of rotatable bonds is 6. The molecule has 1 N–H and O–H groups in total. The summed E-state index contributed by atoms with van der Waals surface area (Å²) in [6, 6.07) is 10.4. The number of carbonyl (C=O) groups excluding carboxylic acids is 1. The van der Waals surface area contributed by atoms with Crippen molar-refractivity contribution in [3.63, 3.8) is 0 Å². The van der Waals surface area contributed by atoms with Crippen LogP contribution >= 0.6 is 27.3 Å². The SMILES string of the molecule is O=C(NCCN1CCOCC1)c1cc2sc(Br)cc2n1Cc1cccc(F)c1. The van der Waals surface area contributed by atoms with Crippen molar-refractivity contribution in [1.29, 1.82) is 0 Å². The molecular formula is C20H21BrFN3O2S. The van der Waals surface area contributed by atoms with E-state index in [1.807, 2.05) is 22.8 Å². The summed E-state index contributed by atoms with van der Waals surface area (Å²) in [5.74, 6) is -0.381. The summed E-state index contributed by atoms with van der Waals surface area (Å²) < 4.78 is 22.9. The number of halogens is 2. The largest absolute Gasteiger partial charge is 0.379 e. The van der Waals surface area contributed by atoms with Gasteiger partial charge in [-0.3, -0.25) is 9.69 Å². The van der Waals surface area contributed by atoms with Crippen LogP contribution in [-0.2, 0) is 11.3 Å². The van der Waals surface area contributed by atoms with E-state index in [1.54, 1.807) is 17.4 Å². The van der Waals surface area contributed by atoms with E-state index in [-0.39, 0.29) is 11.7 Å². The van der Waals surface area contributed by atoms with Gasteiger partial charge in [0.2, 0.25) is 0 Å². The maximum Gasteiger partial charge on any atom is 0.268 e. The van der Waals surface area contributed by atoms with Crippen LogP contribution in [0.25, 0.3) is 10.2 Å². The van der Waals surface area contributed by atoms with Crippen molar-refractivity contribution < 1.29 is 13.9 Å². The van der Waals surface area contributed by atoms with Gasteiger partial charge in [-0.15, -0.1) is 11.3 Å². The van der Waals surface area contributed by atoms with Gasteiger partial charge in [-0.05, 0) is 45.8 Å². The number of fused-ring (bicyclic) bond motifs is 1. The standard InChI is InChI=1S/C20H21BrFN3O2S/c21-19-12-16-18(28-19)11-17(25(16)13-14-2-1-3-15(22)10-14)20(26)23-4-5-24-6-8-27-9-7-24/h1-3,10-12H,4-9,13H2,(H,23,26). The van der Waals surface area contributed by atoms with Crippen LogP contribution in [0.4, 0.5) is 4.39 Å². The predicted molar refractivity (Wildman–Crippen MR) is 113 cm³/mol. The number of carbonyl (C=O) groups is 1. The average molecular weight is 466 g/mol. The summed E-state index contributed by atoms with van der Waals surface area (Å²) in [6.07, 6.45) is 0. The molecule has 0 spiro atoms. The van der Waals surface area contributed by atoms with E-state index in [1.165, 1.54) is 12.1 Å².